The van der Waals surface area contributed by atoms with E-state index in [1.165, 1.54) is 11.5 Å². The molecular weight excluding hydrogens is 426 g/mol. The lowest BCUT2D eigenvalue weighted by Gasteiger charge is -2.30. The number of hydrogen-bond donors (Lipinski definition) is 0. The summed E-state index contributed by atoms with van der Waals surface area (Å²) in [4.78, 5) is 24.7. The van der Waals surface area contributed by atoms with Crippen LogP contribution in [0.4, 0.5) is 0 Å². The first-order valence-corrected chi connectivity index (χ1v) is 10.6. The van der Waals surface area contributed by atoms with Gasteiger partial charge in [0, 0.05) is 17.3 Å². The Balaban J connectivity index is 2.39. The number of carbonyl (C=O) groups excluding carboxylic acids is 1. The summed E-state index contributed by atoms with van der Waals surface area (Å²) in [7, 11) is -3.79. The van der Waals surface area contributed by atoms with E-state index in [1.54, 1.807) is 39.0 Å². The van der Waals surface area contributed by atoms with Crippen molar-refractivity contribution in [3.8, 4) is 0 Å². The molecule has 26 heavy (non-hydrogen) atoms. The van der Waals surface area contributed by atoms with Crippen molar-refractivity contribution in [3.05, 3.63) is 33.2 Å². The monoisotopic (exact) mass is 447 g/mol. The smallest absolute Gasteiger partial charge is 0.419 e. The van der Waals surface area contributed by atoms with Crippen LogP contribution in [-0.4, -0.2) is 35.6 Å². The predicted molar refractivity (Wildman–Crippen MR) is 102 cm³/mol. The number of carbonyl (C=O) groups is 1. The van der Waals surface area contributed by atoms with E-state index in [9.17, 15) is 18.0 Å². The van der Waals surface area contributed by atoms with Gasteiger partial charge < -0.3 is 9.15 Å². The molecule has 0 spiro atoms. The lowest BCUT2D eigenvalue weighted by molar-refractivity contribution is -0.157. The highest BCUT2D eigenvalue weighted by molar-refractivity contribution is 9.10. The summed E-state index contributed by atoms with van der Waals surface area (Å²) < 4.78 is 35.4. The topological polar surface area (TPSA) is 95.6 Å². The molecule has 1 unspecified atom stereocenters. The summed E-state index contributed by atoms with van der Waals surface area (Å²) in [6.07, 6.45) is 0.871. The molecule has 0 amide bonds. The molecule has 2 rings (SSSR count). The van der Waals surface area contributed by atoms with Crippen LogP contribution in [0.1, 0.15) is 34.1 Å². The van der Waals surface area contributed by atoms with Gasteiger partial charge in [-0.25, -0.2) is 13.2 Å². The highest BCUT2D eigenvalue weighted by Crippen LogP contribution is 2.27. The van der Waals surface area contributed by atoms with E-state index in [1.807, 2.05) is 0 Å². The van der Waals surface area contributed by atoms with Crippen molar-refractivity contribution in [1.29, 1.82) is 0 Å². The molecule has 7 nitrogen and oxygen atoms in total. The molecule has 0 aliphatic carbocycles. The van der Waals surface area contributed by atoms with Gasteiger partial charge in [0.15, 0.2) is 20.2 Å². The average molecular weight is 448 g/mol. The van der Waals surface area contributed by atoms with E-state index >= 15 is 0 Å². The van der Waals surface area contributed by atoms with Gasteiger partial charge in [-0.2, -0.15) is 0 Å². The zero-order valence-electron chi connectivity index (χ0n) is 15.3. The van der Waals surface area contributed by atoms with Crippen LogP contribution in [0, 0.1) is 0 Å². The number of hydrogen-bond acceptors (Lipinski definition) is 6. The SMILES string of the molecule is CC(C)(C)OC(=O)C(C)(CCn1c(=O)oc2cc(Br)ccc21)S(C)(=O)=O. The average Bonchev–Trinajstić information content (AvgIpc) is 2.76. The van der Waals surface area contributed by atoms with Gasteiger partial charge in [0.05, 0.1) is 5.52 Å². The van der Waals surface area contributed by atoms with E-state index in [-0.39, 0.29) is 13.0 Å². The first-order chi connectivity index (χ1) is 11.7. The second-order valence-electron chi connectivity index (χ2n) is 7.39. The first-order valence-electron chi connectivity index (χ1n) is 7.96. The van der Waals surface area contributed by atoms with Crippen molar-refractivity contribution in [2.24, 2.45) is 0 Å². The third-order valence-electron chi connectivity index (χ3n) is 4.09. The summed E-state index contributed by atoms with van der Waals surface area (Å²) in [5, 5.41) is 0. The van der Waals surface area contributed by atoms with Gasteiger partial charge in [-0.05, 0) is 52.3 Å². The fraction of sp³-hybridized carbons (Fsp3) is 0.529. The number of esters is 1. The lowest BCUT2D eigenvalue weighted by Crippen LogP contribution is -2.47. The molecule has 1 atom stereocenters. The Morgan fingerprint density at radius 2 is 1.88 bits per heavy atom. The maximum atomic E-state index is 12.6. The van der Waals surface area contributed by atoms with Crippen LogP contribution in [0.3, 0.4) is 0 Å². The molecule has 1 heterocycles. The van der Waals surface area contributed by atoms with Gasteiger partial charge in [0.1, 0.15) is 5.60 Å². The standard InChI is InChI=1S/C17H22BrNO6S/c1-16(2,3)25-14(20)17(4,26(5,22)23)8-9-19-12-7-6-11(18)10-13(12)24-15(19)21/h6-7,10H,8-9H2,1-5H3. The summed E-state index contributed by atoms with van der Waals surface area (Å²) >= 11 is 3.30. The maximum Gasteiger partial charge on any atom is 0.419 e. The van der Waals surface area contributed by atoms with E-state index in [2.05, 4.69) is 15.9 Å². The number of halogens is 1. The molecule has 0 bridgehead atoms. The Labute approximate surface area is 160 Å². The fourth-order valence-electron chi connectivity index (χ4n) is 2.40. The number of benzene rings is 1. The molecule has 0 saturated carbocycles. The molecule has 0 radical (unpaired) electrons. The molecule has 0 aliphatic rings. The Hall–Kier alpha value is -1.61. The van der Waals surface area contributed by atoms with Crippen molar-refractivity contribution in [1.82, 2.24) is 4.57 Å². The molecule has 144 valence electrons. The quantitative estimate of drug-likeness (QED) is 0.653. The van der Waals surface area contributed by atoms with Crippen molar-refractivity contribution < 1.29 is 22.4 Å². The van der Waals surface area contributed by atoms with Crippen molar-refractivity contribution in [2.45, 2.75) is 51.0 Å². The lowest BCUT2D eigenvalue weighted by atomic mass is 10.1. The largest absolute Gasteiger partial charge is 0.459 e. The minimum absolute atomic E-state index is 0.00369. The number of rotatable bonds is 5. The number of aryl methyl sites for hydroxylation is 1. The van der Waals surface area contributed by atoms with Crippen molar-refractivity contribution in [2.75, 3.05) is 6.26 Å². The summed E-state index contributed by atoms with van der Waals surface area (Å²) in [6, 6.07) is 5.09. The van der Waals surface area contributed by atoms with Crippen molar-refractivity contribution >= 4 is 42.8 Å². The third kappa shape index (κ3) is 4.20. The molecule has 0 N–H and O–H groups in total. The van der Waals surface area contributed by atoms with E-state index in [4.69, 9.17) is 9.15 Å². The third-order valence-corrected chi connectivity index (χ3v) is 6.59. The highest BCUT2D eigenvalue weighted by Gasteiger charge is 2.46. The molecule has 2 aromatic rings. The summed E-state index contributed by atoms with van der Waals surface area (Å²) in [6.45, 7) is 6.31. The van der Waals surface area contributed by atoms with Gasteiger partial charge in [-0.15, -0.1) is 0 Å². The van der Waals surface area contributed by atoms with Crippen molar-refractivity contribution in [3.63, 3.8) is 0 Å². The minimum atomic E-state index is -3.79. The van der Waals surface area contributed by atoms with Gasteiger partial charge in [-0.1, -0.05) is 15.9 Å². The molecule has 9 heteroatoms. The number of fused-ring (bicyclic) bond motifs is 1. The molecule has 1 aromatic carbocycles. The van der Waals surface area contributed by atoms with Crippen LogP contribution in [-0.2, 0) is 25.9 Å². The van der Waals surface area contributed by atoms with Gasteiger partial charge >= 0.3 is 11.7 Å². The van der Waals surface area contributed by atoms with Gasteiger partial charge in [0.2, 0.25) is 0 Å². The Bertz CT molecular complexity index is 998. The second-order valence-corrected chi connectivity index (χ2v) is 10.7. The number of ether oxygens (including phenoxy) is 1. The molecule has 0 aliphatic heterocycles. The van der Waals surface area contributed by atoms with Crippen LogP contribution in [0.25, 0.3) is 11.1 Å². The number of nitrogens with zero attached hydrogens (tertiary/aromatic N) is 1. The highest BCUT2D eigenvalue weighted by atomic mass is 79.9. The van der Waals surface area contributed by atoms with Crippen LogP contribution in [0.15, 0.2) is 31.9 Å². The molecule has 0 saturated heterocycles. The number of aromatic nitrogens is 1. The van der Waals surface area contributed by atoms with E-state index in [0.717, 1.165) is 10.7 Å². The normalized spacial score (nSPS) is 15.0. The molecular formula is C17H22BrNO6S. The molecule has 1 aromatic heterocycles. The van der Waals surface area contributed by atoms with Crippen LogP contribution >= 0.6 is 15.9 Å². The van der Waals surface area contributed by atoms with Gasteiger partial charge in [-0.3, -0.25) is 9.36 Å². The number of oxazole rings is 1. The number of sulfone groups is 1. The maximum absolute atomic E-state index is 12.6. The fourth-order valence-corrected chi connectivity index (χ4v) is 3.55. The van der Waals surface area contributed by atoms with E-state index in [0.29, 0.717) is 11.1 Å². The summed E-state index contributed by atoms with van der Waals surface area (Å²) in [5.41, 5.74) is 0.0787. The zero-order valence-corrected chi connectivity index (χ0v) is 17.7. The Morgan fingerprint density at radius 3 is 2.42 bits per heavy atom. The Kier molecular flexibility index (Phi) is 5.45. The minimum Gasteiger partial charge on any atom is -0.459 e. The molecule has 0 fully saturated rings. The Morgan fingerprint density at radius 1 is 1.27 bits per heavy atom. The van der Waals surface area contributed by atoms with Crippen LogP contribution < -0.4 is 5.76 Å². The predicted octanol–water partition coefficient (Wildman–Crippen LogP) is 2.89. The van der Waals surface area contributed by atoms with Gasteiger partial charge in [0.25, 0.3) is 0 Å². The summed E-state index contributed by atoms with van der Waals surface area (Å²) in [5.74, 6) is -1.45. The second kappa shape index (κ2) is 6.84. The van der Waals surface area contributed by atoms with E-state index < -0.39 is 31.9 Å². The first kappa shape index (κ1) is 20.7. The van der Waals surface area contributed by atoms with Crippen LogP contribution in [0.2, 0.25) is 0 Å². The van der Waals surface area contributed by atoms with Crippen LogP contribution in [0.5, 0.6) is 0 Å². The zero-order chi connectivity index (χ0) is 19.9.